The minimum atomic E-state index is -0.0362. The van der Waals surface area contributed by atoms with E-state index in [0.29, 0.717) is 16.6 Å². The van der Waals surface area contributed by atoms with Crippen LogP contribution >= 0.6 is 0 Å². The summed E-state index contributed by atoms with van der Waals surface area (Å²) in [5, 5.41) is 10.2. The molecule has 0 aromatic rings. The van der Waals surface area contributed by atoms with E-state index < -0.39 is 0 Å². The van der Waals surface area contributed by atoms with Crippen LogP contribution in [0.5, 0.6) is 0 Å². The SMILES string of the molecule is C#C.CC.CC(=O)CCC1CCC2C3CCC4C[C@H](O)CCC4(C)C3CCC12C. The number of carbonyl (C=O) groups is 1. The van der Waals surface area contributed by atoms with Gasteiger partial charge in [0.05, 0.1) is 6.10 Å². The Bertz CT molecular complexity index is 566. The lowest BCUT2D eigenvalue weighted by Crippen LogP contribution is -2.53. The Hall–Kier alpha value is -0.810. The van der Waals surface area contributed by atoms with Gasteiger partial charge in [-0.1, -0.05) is 27.7 Å². The Morgan fingerprint density at radius 1 is 0.931 bits per heavy atom. The van der Waals surface area contributed by atoms with Crippen LogP contribution in [0.1, 0.15) is 105 Å². The number of ketones is 1. The quantitative estimate of drug-likeness (QED) is 0.536. The van der Waals surface area contributed by atoms with Crippen LogP contribution in [-0.2, 0) is 4.79 Å². The van der Waals surface area contributed by atoms with Crippen molar-refractivity contribution in [1.29, 1.82) is 0 Å². The van der Waals surface area contributed by atoms with Crippen molar-refractivity contribution in [3.8, 4) is 12.8 Å². The normalized spacial score (nSPS) is 45.2. The molecule has 1 N–H and O–H groups in total. The third kappa shape index (κ3) is 4.46. The van der Waals surface area contributed by atoms with Crippen LogP contribution in [-0.4, -0.2) is 17.0 Å². The molecule has 4 rings (SSSR count). The summed E-state index contributed by atoms with van der Waals surface area (Å²) >= 11 is 0. The van der Waals surface area contributed by atoms with Crippen LogP contribution in [0.4, 0.5) is 0 Å². The van der Waals surface area contributed by atoms with Crippen molar-refractivity contribution >= 4 is 5.78 Å². The van der Waals surface area contributed by atoms with Gasteiger partial charge >= 0.3 is 0 Å². The largest absolute Gasteiger partial charge is 0.393 e. The Balaban J connectivity index is 0.000000707. The van der Waals surface area contributed by atoms with E-state index in [2.05, 4.69) is 26.7 Å². The van der Waals surface area contributed by atoms with Crippen LogP contribution < -0.4 is 0 Å². The fourth-order valence-electron chi connectivity index (χ4n) is 8.20. The van der Waals surface area contributed by atoms with Crippen LogP contribution in [0.3, 0.4) is 0 Å². The first-order chi connectivity index (χ1) is 13.8. The molecule has 0 radical (unpaired) electrons. The molecule has 0 bridgehead atoms. The molecule has 4 aliphatic carbocycles. The van der Waals surface area contributed by atoms with E-state index in [4.69, 9.17) is 0 Å². The van der Waals surface area contributed by atoms with Crippen LogP contribution in [0.15, 0.2) is 0 Å². The molecule has 0 amide bonds. The molecular weight excluding hydrogens is 356 g/mol. The molecule has 0 heterocycles. The maximum Gasteiger partial charge on any atom is 0.129 e. The second-order valence-electron chi connectivity index (χ2n) is 10.6. The molecule has 0 saturated heterocycles. The predicted molar refractivity (Wildman–Crippen MR) is 122 cm³/mol. The van der Waals surface area contributed by atoms with Gasteiger partial charge < -0.3 is 9.90 Å². The van der Waals surface area contributed by atoms with E-state index >= 15 is 0 Å². The van der Waals surface area contributed by atoms with E-state index in [1.165, 1.54) is 44.9 Å². The van der Waals surface area contributed by atoms with Crippen LogP contribution in [0.25, 0.3) is 0 Å². The maximum absolute atomic E-state index is 11.5. The van der Waals surface area contributed by atoms with Crippen molar-refractivity contribution in [3.63, 3.8) is 0 Å². The second-order valence-corrected chi connectivity index (χ2v) is 10.6. The Labute approximate surface area is 180 Å². The number of hydrogen-bond acceptors (Lipinski definition) is 2. The first kappa shape index (κ1) is 24.5. The number of Topliss-reactive ketones (excluding diaryl/α,β-unsaturated/α-hetero) is 1. The molecule has 7 unspecified atom stereocenters. The highest BCUT2D eigenvalue weighted by atomic mass is 16.3. The average molecular weight is 403 g/mol. The number of rotatable bonds is 3. The molecule has 2 nitrogen and oxygen atoms in total. The molecular formula is C27H46O2. The molecule has 8 atom stereocenters. The van der Waals surface area contributed by atoms with Crippen molar-refractivity contribution in [3.05, 3.63) is 0 Å². The number of aliphatic hydroxyl groups excluding tert-OH is 1. The smallest absolute Gasteiger partial charge is 0.129 e. The minimum absolute atomic E-state index is 0.0362. The predicted octanol–water partition coefficient (Wildman–Crippen LogP) is 6.65. The van der Waals surface area contributed by atoms with Crippen molar-refractivity contribution < 1.29 is 9.90 Å². The Morgan fingerprint density at radius 3 is 2.21 bits per heavy atom. The average Bonchev–Trinajstić information content (AvgIpc) is 3.06. The summed E-state index contributed by atoms with van der Waals surface area (Å²) in [6.45, 7) is 10.9. The third-order valence-corrected chi connectivity index (χ3v) is 9.68. The zero-order valence-electron chi connectivity index (χ0n) is 19.8. The number of terminal acetylenes is 1. The van der Waals surface area contributed by atoms with E-state index in [1.807, 2.05) is 13.8 Å². The summed E-state index contributed by atoms with van der Waals surface area (Å²) < 4.78 is 0. The van der Waals surface area contributed by atoms with Gasteiger partial charge in [0.25, 0.3) is 0 Å². The topological polar surface area (TPSA) is 37.3 Å². The van der Waals surface area contributed by atoms with Gasteiger partial charge in [-0.05, 0) is 112 Å². The zero-order valence-corrected chi connectivity index (χ0v) is 19.8. The van der Waals surface area contributed by atoms with E-state index in [1.54, 1.807) is 6.92 Å². The molecule has 0 aromatic heterocycles. The Kier molecular flexibility index (Phi) is 8.43. The second kappa shape index (κ2) is 10.00. The van der Waals surface area contributed by atoms with Crippen molar-refractivity contribution in [2.75, 3.05) is 0 Å². The highest BCUT2D eigenvalue weighted by Crippen LogP contribution is 2.67. The Morgan fingerprint density at radius 2 is 1.55 bits per heavy atom. The van der Waals surface area contributed by atoms with Gasteiger partial charge in [-0.15, -0.1) is 12.8 Å². The molecule has 4 aliphatic rings. The minimum Gasteiger partial charge on any atom is -0.393 e. The van der Waals surface area contributed by atoms with Gasteiger partial charge in [0.1, 0.15) is 5.78 Å². The van der Waals surface area contributed by atoms with Crippen LogP contribution in [0.2, 0.25) is 0 Å². The monoisotopic (exact) mass is 402 g/mol. The zero-order chi connectivity index (χ0) is 21.8. The molecule has 166 valence electrons. The standard InChI is InChI=1S/C23H38O2.C2H6.C2H2/c1-15(24)4-5-16-7-9-20-19-8-6-17-14-18(25)10-12-23(17,3)21(19)11-13-22(16,20)2;2*1-2/h16-21,25H,4-14H2,1-3H3;1-2H3;1-2H/t16?,17?,18-,19?,20?,21?,22?,23?;;/m1../s1. The van der Waals surface area contributed by atoms with Crippen molar-refractivity contribution in [2.45, 2.75) is 111 Å². The van der Waals surface area contributed by atoms with Gasteiger partial charge in [0, 0.05) is 6.42 Å². The molecule has 2 heteroatoms. The van der Waals surface area contributed by atoms with Crippen LogP contribution in [0, 0.1) is 53.3 Å². The summed E-state index contributed by atoms with van der Waals surface area (Å²) in [4.78, 5) is 11.5. The third-order valence-electron chi connectivity index (χ3n) is 9.68. The summed E-state index contributed by atoms with van der Waals surface area (Å²) in [5.74, 6) is 4.61. The first-order valence-electron chi connectivity index (χ1n) is 12.4. The van der Waals surface area contributed by atoms with Gasteiger partial charge in [-0.3, -0.25) is 0 Å². The van der Waals surface area contributed by atoms with E-state index in [-0.39, 0.29) is 6.10 Å². The first-order valence-corrected chi connectivity index (χ1v) is 12.4. The van der Waals surface area contributed by atoms with E-state index in [9.17, 15) is 9.90 Å². The summed E-state index contributed by atoms with van der Waals surface area (Å²) in [6, 6.07) is 0. The van der Waals surface area contributed by atoms with Gasteiger partial charge in [0.2, 0.25) is 0 Å². The van der Waals surface area contributed by atoms with Crippen molar-refractivity contribution in [1.82, 2.24) is 0 Å². The number of aliphatic hydroxyl groups is 1. The maximum atomic E-state index is 11.5. The molecule has 4 fully saturated rings. The highest BCUT2D eigenvalue weighted by Gasteiger charge is 2.59. The van der Waals surface area contributed by atoms with Gasteiger partial charge in [-0.25, -0.2) is 0 Å². The summed E-state index contributed by atoms with van der Waals surface area (Å²) in [5.41, 5.74) is 0.981. The summed E-state index contributed by atoms with van der Waals surface area (Å²) in [7, 11) is 0. The fraction of sp³-hybridized carbons (Fsp3) is 0.889. The lowest BCUT2D eigenvalue weighted by molar-refractivity contribution is -0.128. The van der Waals surface area contributed by atoms with Gasteiger partial charge in [0.15, 0.2) is 0 Å². The molecule has 29 heavy (non-hydrogen) atoms. The number of fused-ring (bicyclic) bond motifs is 5. The lowest BCUT2D eigenvalue weighted by atomic mass is 9.44. The molecule has 0 aromatic carbocycles. The van der Waals surface area contributed by atoms with E-state index in [0.717, 1.165) is 55.3 Å². The molecule has 4 saturated carbocycles. The van der Waals surface area contributed by atoms with Gasteiger partial charge in [-0.2, -0.15) is 0 Å². The van der Waals surface area contributed by atoms with Crippen molar-refractivity contribution in [2.24, 2.45) is 40.4 Å². The molecule has 0 aliphatic heterocycles. The fourth-order valence-corrected chi connectivity index (χ4v) is 8.20. The molecule has 0 spiro atoms. The summed E-state index contributed by atoms with van der Waals surface area (Å²) in [6.07, 6.45) is 21.5. The number of carbonyl (C=O) groups excluding carboxylic acids is 1. The lowest BCUT2D eigenvalue weighted by Gasteiger charge is -2.61. The number of hydrogen-bond donors (Lipinski definition) is 1. The highest BCUT2D eigenvalue weighted by molar-refractivity contribution is 5.75.